The molecular weight excluding hydrogens is 228 g/mol. The van der Waals surface area contributed by atoms with Crippen LogP contribution in [0.4, 0.5) is 0 Å². The molecule has 7 heteroatoms. The average molecular weight is 250 g/mol. The summed E-state index contributed by atoms with van der Waals surface area (Å²) in [5.41, 5.74) is 0. The maximum Gasteiger partial charge on any atom is 0.292 e. The second kappa shape index (κ2) is 5.92. The summed E-state index contributed by atoms with van der Waals surface area (Å²) >= 11 is 0. The molecule has 1 unspecified atom stereocenters. The van der Waals surface area contributed by atoms with Crippen molar-refractivity contribution in [2.24, 2.45) is 5.92 Å². The third kappa shape index (κ3) is 3.99. The van der Waals surface area contributed by atoms with Crippen LogP contribution in [0, 0.1) is 5.92 Å². The van der Waals surface area contributed by atoms with Gasteiger partial charge in [-0.05, 0) is 32.4 Å². The van der Waals surface area contributed by atoms with Gasteiger partial charge in [-0.2, -0.15) is 12.7 Å². The Balaban J connectivity index is 2.59. The first-order chi connectivity index (χ1) is 7.45. The molecule has 2 N–H and O–H groups in total. The first-order valence-corrected chi connectivity index (χ1v) is 6.99. The zero-order valence-corrected chi connectivity index (χ0v) is 11.0. The Bertz CT molecular complexity index is 303. The molecule has 1 fully saturated rings. The number of hydrogen-bond donors (Lipinski definition) is 2. The molecule has 1 atom stereocenters. The molecule has 0 aromatic rings. The Morgan fingerprint density at radius 2 is 2.12 bits per heavy atom. The molecule has 1 aliphatic rings. The van der Waals surface area contributed by atoms with Crippen molar-refractivity contribution in [3.8, 4) is 0 Å². The summed E-state index contributed by atoms with van der Waals surface area (Å²) in [5.74, 6) is 0.414. The van der Waals surface area contributed by atoms with Crippen LogP contribution in [0.5, 0.6) is 0 Å². The lowest BCUT2D eigenvalue weighted by Gasteiger charge is -2.32. The third-order valence-corrected chi connectivity index (χ3v) is 4.22. The van der Waals surface area contributed by atoms with Crippen LogP contribution in [0.25, 0.3) is 0 Å². The van der Waals surface area contributed by atoms with Crippen LogP contribution in [0.3, 0.4) is 0 Å². The zero-order chi connectivity index (χ0) is 12.2. The molecule has 0 aromatic heterocycles. The summed E-state index contributed by atoms with van der Waals surface area (Å²) in [5, 5.41) is 4.55. The lowest BCUT2D eigenvalue weighted by atomic mass is 10.00. The van der Waals surface area contributed by atoms with Crippen LogP contribution in [0.2, 0.25) is 0 Å². The highest BCUT2D eigenvalue weighted by Gasteiger charge is 2.28. The fraction of sp³-hybridized carbons (Fsp3) is 1.00. The smallest absolute Gasteiger partial charge is 0.292 e. The third-order valence-electron chi connectivity index (χ3n) is 2.61. The predicted molar refractivity (Wildman–Crippen MR) is 64.0 cm³/mol. The van der Waals surface area contributed by atoms with E-state index in [2.05, 4.69) is 10.1 Å². The maximum absolute atomic E-state index is 11.9. The highest BCUT2D eigenvalue weighted by atomic mass is 32.2. The Labute approximate surface area is 98.1 Å². The van der Waals surface area contributed by atoms with E-state index in [1.807, 2.05) is 7.05 Å². The normalized spacial score (nSPS) is 23.9. The van der Waals surface area contributed by atoms with E-state index in [-0.39, 0.29) is 0 Å². The van der Waals surface area contributed by atoms with Crippen molar-refractivity contribution in [2.75, 3.05) is 40.8 Å². The van der Waals surface area contributed by atoms with Crippen molar-refractivity contribution >= 4 is 10.2 Å². The van der Waals surface area contributed by atoms with Crippen LogP contribution in [-0.2, 0) is 10.2 Å². The highest BCUT2D eigenvalue weighted by Crippen LogP contribution is 2.17. The van der Waals surface area contributed by atoms with Gasteiger partial charge in [-0.3, -0.25) is 0 Å². The van der Waals surface area contributed by atoms with Gasteiger partial charge in [0.05, 0.1) is 0 Å². The summed E-state index contributed by atoms with van der Waals surface area (Å²) in [6.07, 6.45) is 2.02. The molecule has 1 rings (SSSR count). The van der Waals surface area contributed by atoms with E-state index >= 15 is 0 Å². The van der Waals surface area contributed by atoms with E-state index in [0.717, 1.165) is 19.4 Å². The Hall–Kier alpha value is -0.210. The van der Waals surface area contributed by atoms with Crippen molar-refractivity contribution in [3.05, 3.63) is 0 Å². The molecule has 0 spiro atoms. The quantitative estimate of drug-likeness (QED) is 0.629. The molecule has 0 aliphatic carbocycles. The number of hydrazine groups is 1. The molecule has 0 radical (unpaired) electrons. The molecule has 0 saturated carbocycles. The van der Waals surface area contributed by atoms with Crippen molar-refractivity contribution in [3.63, 3.8) is 0 Å². The fourth-order valence-corrected chi connectivity index (χ4v) is 3.34. The van der Waals surface area contributed by atoms with Crippen molar-refractivity contribution < 1.29 is 8.42 Å². The molecule has 6 nitrogen and oxygen atoms in total. The lowest BCUT2D eigenvalue weighted by Crippen LogP contribution is -2.50. The van der Waals surface area contributed by atoms with Gasteiger partial charge in [0.2, 0.25) is 0 Å². The van der Waals surface area contributed by atoms with Gasteiger partial charge in [-0.15, -0.1) is 4.83 Å². The topological polar surface area (TPSA) is 64.7 Å². The van der Waals surface area contributed by atoms with Gasteiger partial charge >= 0.3 is 0 Å². The SMILES string of the molecule is CNCC1CCCN(S(=O)(=O)NN(C)C)C1. The van der Waals surface area contributed by atoms with Crippen LogP contribution in [0.1, 0.15) is 12.8 Å². The van der Waals surface area contributed by atoms with E-state index in [0.29, 0.717) is 19.0 Å². The average Bonchev–Trinajstić information content (AvgIpc) is 2.16. The fourth-order valence-electron chi connectivity index (χ4n) is 1.99. The van der Waals surface area contributed by atoms with Gasteiger partial charge in [0, 0.05) is 27.2 Å². The first kappa shape index (κ1) is 13.9. The van der Waals surface area contributed by atoms with Crippen molar-refractivity contribution in [1.29, 1.82) is 0 Å². The zero-order valence-electron chi connectivity index (χ0n) is 10.2. The van der Waals surface area contributed by atoms with E-state index < -0.39 is 10.2 Å². The van der Waals surface area contributed by atoms with Gasteiger partial charge in [0.1, 0.15) is 0 Å². The lowest BCUT2D eigenvalue weighted by molar-refractivity contribution is 0.248. The van der Waals surface area contributed by atoms with Gasteiger partial charge in [-0.1, -0.05) is 0 Å². The molecule has 0 aromatic carbocycles. The standard InChI is InChI=1S/C9H22N4O2S/c1-10-7-9-5-4-6-13(8-9)16(14,15)11-12(2)3/h9-11H,4-8H2,1-3H3. The molecule has 16 heavy (non-hydrogen) atoms. The van der Waals surface area contributed by atoms with Crippen LogP contribution in [0.15, 0.2) is 0 Å². The summed E-state index contributed by atoms with van der Waals surface area (Å²) in [7, 11) is 1.89. The van der Waals surface area contributed by atoms with Gasteiger partial charge < -0.3 is 5.32 Å². The summed E-state index contributed by atoms with van der Waals surface area (Å²) in [6, 6.07) is 0. The first-order valence-electron chi connectivity index (χ1n) is 5.55. The largest absolute Gasteiger partial charge is 0.319 e. The Morgan fingerprint density at radius 3 is 2.69 bits per heavy atom. The molecule has 0 bridgehead atoms. The summed E-state index contributed by atoms with van der Waals surface area (Å²) < 4.78 is 25.3. The molecular formula is C9H22N4O2S. The molecule has 0 amide bonds. The van der Waals surface area contributed by atoms with Gasteiger partial charge in [-0.25, -0.2) is 5.01 Å². The Morgan fingerprint density at radius 1 is 1.44 bits per heavy atom. The van der Waals surface area contributed by atoms with E-state index in [4.69, 9.17) is 0 Å². The molecule has 1 heterocycles. The van der Waals surface area contributed by atoms with Crippen molar-refractivity contribution in [1.82, 2.24) is 19.5 Å². The minimum absolute atomic E-state index is 0.414. The predicted octanol–water partition coefficient (Wildman–Crippen LogP) is -0.771. The molecule has 1 aliphatic heterocycles. The number of hydrogen-bond acceptors (Lipinski definition) is 4. The second-order valence-corrected chi connectivity index (χ2v) is 6.06. The van der Waals surface area contributed by atoms with Crippen molar-refractivity contribution in [2.45, 2.75) is 12.8 Å². The van der Waals surface area contributed by atoms with Crippen LogP contribution < -0.4 is 10.1 Å². The Kier molecular flexibility index (Phi) is 5.13. The number of rotatable bonds is 5. The highest BCUT2D eigenvalue weighted by molar-refractivity contribution is 7.87. The number of nitrogens with one attached hydrogen (secondary N) is 2. The number of nitrogens with zero attached hydrogens (tertiary/aromatic N) is 2. The van der Waals surface area contributed by atoms with Crippen LogP contribution in [-0.4, -0.2) is 58.5 Å². The summed E-state index contributed by atoms with van der Waals surface area (Å²) in [4.78, 5) is 2.46. The minimum atomic E-state index is -3.35. The van der Waals surface area contributed by atoms with Crippen LogP contribution >= 0.6 is 0 Å². The second-order valence-electron chi connectivity index (χ2n) is 4.41. The van der Waals surface area contributed by atoms with E-state index in [1.165, 1.54) is 9.31 Å². The maximum atomic E-state index is 11.9. The minimum Gasteiger partial charge on any atom is -0.319 e. The van der Waals surface area contributed by atoms with Gasteiger partial charge in [0.25, 0.3) is 10.2 Å². The van der Waals surface area contributed by atoms with E-state index in [1.54, 1.807) is 14.1 Å². The number of piperidine rings is 1. The monoisotopic (exact) mass is 250 g/mol. The molecule has 96 valence electrons. The van der Waals surface area contributed by atoms with E-state index in [9.17, 15) is 8.42 Å². The van der Waals surface area contributed by atoms with Gasteiger partial charge in [0.15, 0.2) is 0 Å². The summed E-state index contributed by atoms with van der Waals surface area (Å²) in [6.45, 7) is 2.08. The molecule has 1 saturated heterocycles.